The van der Waals surface area contributed by atoms with Crippen LogP contribution in [0.2, 0.25) is 0 Å². The number of carbonyl (C=O) groups excluding carboxylic acids is 1. The minimum Gasteiger partial charge on any atom is -0.348 e. The topological polar surface area (TPSA) is 87.3 Å². The summed E-state index contributed by atoms with van der Waals surface area (Å²) in [6.45, 7) is 3.37. The van der Waals surface area contributed by atoms with Gasteiger partial charge in [0.2, 0.25) is 0 Å². The normalized spacial score (nSPS) is 16.7. The molecule has 9 heteroatoms. The van der Waals surface area contributed by atoms with Crippen LogP contribution in [-0.2, 0) is 10.0 Å². The maximum absolute atomic E-state index is 13.8. The van der Waals surface area contributed by atoms with Crippen molar-refractivity contribution in [2.45, 2.75) is 30.7 Å². The van der Waals surface area contributed by atoms with Gasteiger partial charge in [-0.1, -0.05) is 18.2 Å². The van der Waals surface area contributed by atoms with Crippen LogP contribution in [0.25, 0.3) is 0 Å². The molecule has 3 rings (SSSR count). The average molecular weight is 428 g/mol. The second-order valence-corrected chi connectivity index (χ2v) is 8.26. The highest BCUT2D eigenvalue weighted by atomic mass is 35.5. The van der Waals surface area contributed by atoms with E-state index in [1.807, 2.05) is 0 Å². The van der Waals surface area contributed by atoms with Gasteiger partial charge in [0, 0.05) is 18.2 Å². The number of anilines is 1. The number of carbonyl (C=O) groups is 1. The van der Waals surface area contributed by atoms with Gasteiger partial charge in [-0.05, 0) is 56.1 Å². The van der Waals surface area contributed by atoms with Gasteiger partial charge in [0.25, 0.3) is 15.9 Å². The molecule has 0 radical (unpaired) electrons. The van der Waals surface area contributed by atoms with E-state index in [-0.39, 0.29) is 40.5 Å². The highest BCUT2D eigenvalue weighted by Gasteiger charge is 2.21. The third-order valence-electron chi connectivity index (χ3n) is 4.51. The molecule has 2 aromatic rings. The molecule has 1 atom stereocenters. The smallest absolute Gasteiger partial charge is 0.262 e. The van der Waals surface area contributed by atoms with Crippen molar-refractivity contribution < 1.29 is 17.6 Å². The number of halogens is 2. The summed E-state index contributed by atoms with van der Waals surface area (Å²) in [6.07, 6.45) is 1.86. The molecule has 3 N–H and O–H groups in total. The maximum atomic E-state index is 13.8. The number of benzene rings is 2. The molecule has 6 nitrogen and oxygen atoms in total. The number of rotatable bonds is 5. The zero-order valence-corrected chi connectivity index (χ0v) is 17.0. The number of amides is 1. The van der Waals surface area contributed by atoms with Crippen LogP contribution in [0.1, 0.15) is 28.8 Å². The van der Waals surface area contributed by atoms with Gasteiger partial charge < -0.3 is 10.6 Å². The zero-order valence-electron chi connectivity index (χ0n) is 15.4. The third kappa shape index (κ3) is 5.21. The molecule has 1 saturated heterocycles. The molecule has 2 aromatic carbocycles. The first-order chi connectivity index (χ1) is 12.9. The SMILES string of the molecule is Cc1ccc(S(=O)(=O)Nc2ccccc2F)cc1C(=O)NC1CCCNC1.Cl. The van der Waals surface area contributed by atoms with Gasteiger partial charge in [-0.3, -0.25) is 9.52 Å². The Balaban J connectivity index is 0.00000280. The Bertz CT molecular complexity index is 947. The lowest BCUT2D eigenvalue weighted by molar-refractivity contribution is 0.0930. The van der Waals surface area contributed by atoms with Crippen LogP contribution >= 0.6 is 12.4 Å². The summed E-state index contributed by atoms with van der Waals surface area (Å²) in [4.78, 5) is 12.5. The molecule has 1 unspecified atom stereocenters. The fraction of sp³-hybridized carbons (Fsp3) is 0.316. The Morgan fingerprint density at radius 2 is 1.96 bits per heavy atom. The first kappa shape index (κ1) is 22.1. The van der Waals surface area contributed by atoms with Gasteiger partial charge in [-0.25, -0.2) is 12.8 Å². The fourth-order valence-electron chi connectivity index (χ4n) is 3.00. The van der Waals surface area contributed by atoms with E-state index in [9.17, 15) is 17.6 Å². The van der Waals surface area contributed by atoms with E-state index in [2.05, 4.69) is 15.4 Å². The number of hydrogen-bond acceptors (Lipinski definition) is 4. The summed E-state index contributed by atoms with van der Waals surface area (Å²) in [6, 6.07) is 9.83. The van der Waals surface area contributed by atoms with Gasteiger partial charge in [0.15, 0.2) is 0 Å². The molecular formula is C19H23ClFN3O3S. The van der Waals surface area contributed by atoms with E-state index in [0.717, 1.165) is 19.4 Å². The minimum atomic E-state index is -4.02. The molecule has 1 aliphatic rings. The van der Waals surface area contributed by atoms with Crippen LogP contribution < -0.4 is 15.4 Å². The number of piperidine rings is 1. The summed E-state index contributed by atoms with van der Waals surface area (Å²) in [5, 5.41) is 6.16. The second kappa shape index (κ2) is 9.36. The van der Waals surface area contributed by atoms with Gasteiger partial charge in [0.1, 0.15) is 5.82 Å². The quantitative estimate of drug-likeness (QED) is 0.684. The van der Waals surface area contributed by atoms with E-state index in [1.54, 1.807) is 13.0 Å². The number of hydrogen-bond donors (Lipinski definition) is 3. The summed E-state index contributed by atoms with van der Waals surface area (Å²) >= 11 is 0. The predicted molar refractivity (Wildman–Crippen MR) is 109 cm³/mol. The van der Waals surface area contributed by atoms with Crippen molar-refractivity contribution in [1.29, 1.82) is 0 Å². The largest absolute Gasteiger partial charge is 0.348 e. The molecular weight excluding hydrogens is 405 g/mol. The molecule has 0 saturated carbocycles. The van der Waals surface area contributed by atoms with E-state index >= 15 is 0 Å². The average Bonchev–Trinajstić information content (AvgIpc) is 2.64. The van der Waals surface area contributed by atoms with Crippen molar-refractivity contribution in [3.05, 3.63) is 59.4 Å². The van der Waals surface area contributed by atoms with Crippen LogP contribution in [0.15, 0.2) is 47.4 Å². The lowest BCUT2D eigenvalue weighted by Gasteiger charge is -2.24. The lowest BCUT2D eigenvalue weighted by Crippen LogP contribution is -2.45. The number of nitrogens with one attached hydrogen (secondary N) is 3. The monoisotopic (exact) mass is 427 g/mol. The zero-order chi connectivity index (χ0) is 19.4. The summed E-state index contributed by atoms with van der Waals surface area (Å²) in [5.74, 6) is -0.986. The number of para-hydroxylation sites is 1. The summed E-state index contributed by atoms with van der Waals surface area (Å²) in [7, 11) is -4.02. The van der Waals surface area contributed by atoms with E-state index in [1.165, 1.54) is 36.4 Å². The Labute approximate surface area is 170 Å². The van der Waals surface area contributed by atoms with Crippen LogP contribution in [0.3, 0.4) is 0 Å². The highest BCUT2D eigenvalue weighted by Crippen LogP contribution is 2.21. The molecule has 0 bridgehead atoms. The Kier molecular flexibility index (Phi) is 7.40. The van der Waals surface area contributed by atoms with Crippen LogP contribution in [0.4, 0.5) is 10.1 Å². The van der Waals surface area contributed by atoms with Gasteiger partial charge in [0.05, 0.1) is 10.6 Å². The van der Waals surface area contributed by atoms with E-state index in [0.29, 0.717) is 12.1 Å². The standard InChI is InChI=1S/C19H22FN3O3S.ClH/c1-13-8-9-15(27(25,26)23-18-7-3-2-6-17(18)20)11-16(13)19(24)22-14-5-4-10-21-12-14;/h2-3,6-9,11,14,21,23H,4-5,10,12H2,1H3,(H,22,24);1H. The third-order valence-corrected chi connectivity index (χ3v) is 5.88. The van der Waals surface area contributed by atoms with Crippen molar-refractivity contribution in [3.63, 3.8) is 0 Å². The fourth-order valence-corrected chi connectivity index (χ4v) is 4.09. The summed E-state index contributed by atoms with van der Waals surface area (Å²) in [5.41, 5.74) is 0.815. The van der Waals surface area contributed by atoms with Crippen molar-refractivity contribution in [2.75, 3.05) is 17.8 Å². The van der Waals surface area contributed by atoms with Crippen molar-refractivity contribution in [2.24, 2.45) is 0 Å². The molecule has 1 fully saturated rings. The number of sulfonamides is 1. The molecule has 0 aliphatic carbocycles. The Morgan fingerprint density at radius 3 is 2.64 bits per heavy atom. The lowest BCUT2D eigenvalue weighted by atomic mass is 10.1. The van der Waals surface area contributed by atoms with Gasteiger partial charge >= 0.3 is 0 Å². The van der Waals surface area contributed by atoms with Crippen LogP contribution in [0.5, 0.6) is 0 Å². The van der Waals surface area contributed by atoms with Gasteiger partial charge in [-0.2, -0.15) is 0 Å². The molecule has 1 amide bonds. The molecule has 1 heterocycles. The van der Waals surface area contributed by atoms with Crippen molar-refractivity contribution in [3.8, 4) is 0 Å². The first-order valence-corrected chi connectivity index (χ1v) is 10.2. The van der Waals surface area contributed by atoms with Crippen LogP contribution in [0, 0.1) is 12.7 Å². The first-order valence-electron chi connectivity index (χ1n) is 8.76. The molecule has 152 valence electrons. The number of aryl methyl sites for hydroxylation is 1. The molecule has 28 heavy (non-hydrogen) atoms. The minimum absolute atomic E-state index is 0. The summed E-state index contributed by atoms with van der Waals surface area (Å²) < 4.78 is 41.2. The van der Waals surface area contributed by atoms with Crippen molar-refractivity contribution >= 4 is 34.0 Å². The van der Waals surface area contributed by atoms with Crippen LogP contribution in [-0.4, -0.2) is 33.5 Å². The van der Waals surface area contributed by atoms with Crippen molar-refractivity contribution in [1.82, 2.24) is 10.6 Å². The predicted octanol–water partition coefficient (Wildman–Crippen LogP) is 2.84. The molecule has 0 spiro atoms. The molecule has 1 aliphatic heterocycles. The Morgan fingerprint density at radius 1 is 1.21 bits per heavy atom. The van der Waals surface area contributed by atoms with E-state index in [4.69, 9.17) is 0 Å². The van der Waals surface area contributed by atoms with E-state index < -0.39 is 15.8 Å². The Hall–Kier alpha value is -2.16. The maximum Gasteiger partial charge on any atom is 0.262 e. The van der Waals surface area contributed by atoms with Gasteiger partial charge in [-0.15, -0.1) is 12.4 Å². The molecule has 0 aromatic heterocycles. The highest BCUT2D eigenvalue weighted by molar-refractivity contribution is 7.92. The second-order valence-electron chi connectivity index (χ2n) is 6.58.